The van der Waals surface area contributed by atoms with Gasteiger partial charge in [0.2, 0.25) is 0 Å². The topological polar surface area (TPSA) is 111 Å². The van der Waals surface area contributed by atoms with Crippen molar-refractivity contribution in [3.8, 4) is 0 Å². The van der Waals surface area contributed by atoms with Crippen LogP contribution in [0.2, 0.25) is 0 Å². The first-order valence-corrected chi connectivity index (χ1v) is 30.6. The van der Waals surface area contributed by atoms with Crippen molar-refractivity contribution >= 4 is 17.9 Å². The highest BCUT2D eigenvalue weighted by Crippen LogP contribution is 2.17. The Morgan fingerprint density at radius 2 is 0.770 bits per heavy atom. The molecule has 0 aliphatic heterocycles. The average Bonchev–Trinajstić information content (AvgIpc) is 3.37. The number of unbranched alkanes of at least 4 members (excludes halogenated alkanes) is 29. The van der Waals surface area contributed by atoms with E-state index < -0.39 is 24.3 Å². The Hall–Kier alpha value is -3.27. The van der Waals surface area contributed by atoms with Gasteiger partial charge >= 0.3 is 11.9 Å². The number of esters is 2. The van der Waals surface area contributed by atoms with Gasteiger partial charge in [-0.05, 0) is 83.5 Å². The van der Waals surface area contributed by atoms with Gasteiger partial charge in [0.15, 0.2) is 12.4 Å². The maximum atomic E-state index is 12.9. The number of carbonyl (C=O) groups is 3. The highest BCUT2D eigenvalue weighted by atomic mass is 16.7. The molecule has 0 aliphatic carbocycles. The Morgan fingerprint density at radius 1 is 0.419 bits per heavy atom. The summed E-state index contributed by atoms with van der Waals surface area (Å²) < 4.78 is 22.7. The van der Waals surface area contributed by atoms with Crippen molar-refractivity contribution in [1.82, 2.24) is 0 Å². The number of aliphatic carboxylic acids is 1. The molecule has 0 saturated carbocycles. The molecule has 9 heteroatoms. The predicted molar refractivity (Wildman–Crippen MR) is 311 cm³/mol. The van der Waals surface area contributed by atoms with Crippen LogP contribution < -0.4 is 5.11 Å². The Bertz CT molecular complexity index is 1440. The molecule has 2 atom stereocenters. The number of hydrogen-bond donors (Lipinski definition) is 0. The third-order valence-corrected chi connectivity index (χ3v) is 13.2. The van der Waals surface area contributed by atoms with Crippen LogP contribution in [0.3, 0.4) is 0 Å². The summed E-state index contributed by atoms with van der Waals surface area (Å²) in [4.78, 5) is 37.2. The van der Waals surface area contributed by atoms with E-state index in [1.807, 2.05) is 21.1 Å². The lowest BCUT2D eigenvalue weighted by Crippen LogP contribution is -2.44. The van der Waals surface area contributed by atoms with Crippen molar-refractivity contribution in [2.75, 3.05) is 47.5 Å². The van der Waals surface area contributed by atoms with Gasteiger partial charge in [0.25, 0.3) is 0 Å². The zero-order valence-corrected chi connectivity index (χ0v) is 48.7. The summed E-state index contributed by atoms with van der Waals surface area (Å²) in [6, 6.07) is 0. The fourth-order valence-corrected chi connectivity index (χ4v) is 8.50. The first-order valence-electron chi connectivity index (χ1n) is 30.6. The summed E-state index contributed by atoms with van der Waals surface area (Å²) >= 11 is 0. The number of rotatable bonds is 56. The zero-order chi connectivity index (χ0) is 54.1. The zero-order valence-electron chi connectivity index (χ0n) is 48.7. The number of allylic oxidation sites excluding steroid dienone is 12. The second-order valence-corrected chi connectivity index (χ2v) is 21.6. The third kappa shape index (κ3) is 56.5. The highest BCUT2D eigenvalue weighted by Gasteiger charge is 2.22. The number of likely N-dealkylation sites (N-methyl/N-ethyl adjacent to an activating group) is 1. The first-order chi connectivity index (χ1) is 36.1. The number of ether oxygens (including phenoxy) is 4. The normalized spacial score (nSPS) is 13.3. The van der Waals surface area contributed by atoms with Crippen LogP contribution in [0.1, 0.15) is 264 Å². The Morgan fingerprint density at radius 3 is 1.16 bits per heavy atom. The molecule has 0 aromatic heterocycles. The van der Waals surface area contributed by atoms with Crippen molar-refractivity contribution in [1.29, 1.82) is 0 Å². The van der Waals surface area contributed by atoms with E-state index in [0.29, 0.717) is 17.4 Å². The molecule has 0 bridgehead atoms. The van der Waals surface area contributed by atoms with E-state index in [1.54, 1.807) is 0 Å². The monoisotopic (exact) mass is 1040 g/mol. The standard InChI is InChI=1S/C65H115NO8/c1-6-8-10-12-14-16-18-20-21-22-23-24-25-26-27-28-29-30-31-32-33-34-35-36-37-38-39-40-41-42-43-44-46-48-50-52-54-56-63(68)74-61(60-73-65(64(69)70)71-58-57-66(3,4)5)59-72-62(67)55-53-51-49-47-45-19-17-15-13-11-9-7-2/h8,10,14-17,20-21,23-24,26-27,61,65H,6-7,9,11-13,18-19,22,25,28-60H2,1-5H3/b10-8-,16-14-,17-15-,21-20-,24-23-,27-26-. The summed E-state index contributed by atoms with van der Waals surface area (Å²) in [6.45, 7) is 4.61. The van der Waals surface area contributed by atoms with E-state index in [1.165, 1.54) is 148 Å². The summed E-state index contributed by atoms with van der Waals surface area (Å²) in [5, 5.41) is 11.8. The molecule has 0 aromatic rings. The largest absolute Gasteiger partial charge is 0.545 e. The number of quaternary nitrogens is 1. The molecule has 0 saturated heterocycles. The van der Waals surface area contributed by atoms with Gasteiger partial charge in [-0.2, -0.15) is 0 Å². The molecule has 2 unspecified atom stereocenters. The molecule has 9 nitrogen and oxygen atoms in total. The fourth-order valence-electron chi connectivity index (χ4n) is 8.50. The van der Waals surface area contributed by atoms with Crippen LogP contribution in [-0.4, -0.2) is 82.3 Å². The highest BCUT2D eigenvalue weighted by molar-refractivity contribution is 5.70. The summed E-state index contributed by atoms with van der Waals surface area (Å²) in [7, 11) is 5.92. The molecule has 0 aromatic carbocycles. The fraction of sp³-hybridized carbons (Fsp3) is 0.769. The average molecular weight is 1040 g/mol. The van der Waals surface area contributed by atoms with E-state index in [-0.39, 0.29) is 38.6 Å². The molecule has 428 valence electrons. The lowest BCUT2D eigenvalue weighted by molar-refractivity contribution is -0.870. The molecule has 0 radical (unpaired) electrons. The minimum Gasteiger partial charge on any atom is -0.545 e. The number of nitrogens with zero attached hydrogens (tertiary/aromatic N) is 1. The SMILES string of the molecule is CC/C=C\C/C=C\C/C=C\C/C=C\C/C=C\CCCCCCCCCCCCCCCCCCCCCCCC(=O)OC(COC(=O)CCCCCCC/C=C\CCCCC)COC(OCC[N+](C)(C)C)C(=O)[O-]. The quantitative estimate of drug-likeness (QED) is 0.0195. The molecule has 0 aliphatic rings. The lowest BCUT2D eigenvalue weighted by atomic mass is 10.0. The van der Waals surface area contributed by atoms with Crippen LogP contribution in [0.4, 0.5) is 0 Å². The molecule has 0 N–H and O–H groups in total. The molecule has 0 amide bonds. The van der Waals surface area contributed by atoms with E-state index >= 15 is 0 Å². The molecular formula is C65H115NO8. The summed E-state index contributed by atoms with van der Waals surface area (Å²) in [5.41, 5.74) is 0. The summed E-state index contributed by atoms with van der Waals surface area (Å²) in [6.07, 6.45) is 69.8. The second-order valence-electron chi connectivity index (χ2n) is 21.6. The minimum absolute atomic E-state index is 0.146. The Kier molecular flexibility index (Phi) is 53.5. The second kappa shape index (κ2) is 55.9. The van der Waals surface area contributed by atoms with Gasteiger partial charge in [-0.3, -0.25) is 9.59 Å². The van der Waals surface area contributed by atoms with Gasteiger partial charge in [0, 0.05) is 12.8 Å². The number of carboxylic acids is 1. The smallest absolute Gasteiger partial charge is 0.306 e. The van der Waals surface area contributed by atoms with Gasteiger partial charge in [-0.1, -0.05) is 241 Å². The van der Waals surface area contributed by atoms with Crippen molar-refractivity contribution < 1.29 is 42.9 Å². The molecule has 0 fully saturated rings. The van der Waals surface area contributed by atoms with Crippen LogP contribution in [0, 0.1) is 0 Å². The van der Waals surface area contributed by atoms with Gasteiger partial charge in [-0.25, -0.2) is 0 Å². The summed E-state index contributed by atoms with van der Waals surface area (Å²) in [5.74, 6) is -2.29. The number of hydrogen-bond acceptors (Lipinski definition) is 8. The van der Waals surface area contributed by atoms with Crippen LogP contribution in [0.5, 0.6) is 0 Å². The molecule has 0 rings (SSSR count). The first kappa shape index (κ1) is 70.7. The molecule has 74 heavy (non-hydrogen) atoms. The van der Waals surface area contributed by atoms with Gasteiger partial charge in [0.05, 0.1) is 40.3 Å². The number of carbonyl (C=O) groups excluding carboxylic acids is 3. The Balaban J connectivity index is 3.99. The third-order valence-electron chi connectivity index (χ3n) is 13.2. The van der Waals surface area contributed by atoms with E-state index in [2.05, 4.69) is 86.8 Å². The molecule has 0 heterocycles. The van der Waals surface area contributed by atoms with Crippen molar-refractivity contribution in [2.45, 2.75) is 277 Å². The molecular weight excluding hydrogens is 923 g/mol. The van der Waals surface area contributed by atoms with Crippen molar-refractivity contribution in [3.63, 3.8) is 0 Å². The van der Waals surface area contributed by atoms with Gasteiger partial charge < -0.3 is 33.3 Å². The van der Waals surface area contributed by atoms with Crippen molar-refractivity contribution in [2.24, 2.45) is 0 Å². The van der Waals surface area contributed by atoms with Crippen LogP contribution in [0.15, 0.2) is 72.9 Å². The van der Waals surface area contributed by atoms with E-state index in [0.717, 1.165) is 83.5 Å². The van der Waals surface area contributed by atoms with E-state index in [4.69, 9.17) is 18.9 Å². The lowest BCUT2D eigenvalue weighted by Gasteiger charge is -2.26. The van der Waals surface area contributed by atoms with Crippen LogP contribution >= 0.6 is 0 Å². The predicted octanol–water partition coefficient (Wildman–Crippen LogP) is 16.8. The van der Waals surface area contributed by atoms with Gasteiger partial charge in [0.1, 0.15) is 13.2 Å². The van der Waals surface area contributed by atoms with Gasteiger partial charge in [-0.15, -0.1) is 0 Å². The Labute approximate surface area is 456 Å². The van der Waals surface area contributed by atoms with Crippen LogP contribution in [-0.2, 0) is 33.3 Å². The number of carboxylic acid groups (broad SMARTS) is 1. The van der Waals surface area contributed by atoms with Crippen LogP contribution in [0.25, 0.3) is 0 Å². The maximum Gasteiger partial charge on any atom is 0.306 e. The van der Waals surface area contributed by atoms with E-state index in [9.17, 15) is 19.5 Å². The molecule has 0 spiro atoms. The van der Waals surface area contributed by atoms with Crippen molar-refractivity contribution in [3.05, 3.63) is 72.9 Å². The maximum absolute atomic E-state index is 12.9. The minimum atomic E-state index is -1.62.